The molecule has 0 saturated carbocycles. The molecule has 1 saturated heterocycles. The highest BCUT2D eigenvalue weighted by Crippen LogP contribution is 2.27. The van der Waals surface area contributed by atoms with Gasteiger partial charge in [-0.05, 0) is 32.1 Å². The van der Waals surface area contributed by atoms with Gasteiger partial charge >= 0.3 is 0 Å². The summed E-state index contributed by atoms with van der Waals surface area (Å²) in [7, 11) is 0. The monoisotopic (exact) mass is 419 g/mol. The van der Waals surface area contributed by atoms with Gasteiger partial charge < -0.3 is 10.1 Å². The maximum Gasteiger partial charge on any atom is 0.281 e. The molecular formula is C19H25N5O2S2. The molecule has 0 bridgehead atoms. The summed E-state index contributed by atoms with van der Waals surface area (Å²) in [6.07, 6.45) is 0.976. The Balaban J connectivity index is 1.40. The lowest BCUT2D eigenvalue weighted by Gasteiger charge is -2.26. The molecule has 0 unspecified atom stereocenters. The number of nitrogens with one attached hydrogen (secondary N) is 3. The molecule has 0 atom stereocenters. The number of carbonyl (C=O) groups excluding carboxylic acids is 1. The van der Waals surface area contributed by atoms with Gasteiger partial charge in [-0.2, -0.15) is 0 Å². The summed E-state index contributed by atoms with van der Waals surface area (Å²) in [5.41, 5.74) is 7.11. The molecule has 1 fully saturated rings. The number of hydrogen-bond acceptors (Lipinski definition) is 6. The zero-order chi connectivity index (χ0) is 19.8. The normalized spacial score (nSPS) is 14.5. The molecule has 150 valence electrons. The zero-order valence-electron chi connectivity index (χ0n) is 15.9. The first-order valence-corrected chi connectivity index (χ1v) is 10.5. The molecule has 1 aromatic heterocycles. The third-order valence-electron chi connectivity index (χ3n) is 4.35. The fraction of sp³-hybridized carbons (Fsp3) is 0.421. The van der Waals surface area contributed by atoms with Crippen LogP contribution in [0.5, 0.6) is 0 Å². The molecule has 1 aliphatic rings. The van der Waals surface area contributed by atoms with E-state index in [0.29, 0.717) is 15.7 Å². The number of nitrogens with zero attached hydrogens (tertiary/aromatic N) is 2. The van der Waals surface area contributed by atoms with E-state index in [9.17, 15) is 4.79 Å². The second kappa shape index (κ2) is 10.5. The average Bonchev–Trinajstić information content (AvgIpc) is 3.12. The van der Waals surface area contributed by atoms with E-state index in [4.69, 9.17) is 17.0 Å². The standard InChI is InChI=1S/C19H25N5O2S2/c1-14-16(28-18(21-14)15-6-3-2-4-7-15)17(25)22-23-19(27)20-8-5-9-24-10-12-26-13-11-24/h2-4,6-7H,5,8-13H2,1H3,(H,22,25)(H2,20,23,27). The Hall–Kier alpha value is -2.07. The quantitative estimate of drug-likeness (QED) is 0.375. The summed E-state index contributed by atoms with van der Waals surface area (Å²) < 4.78 is 5.34. The number of thiazole rings is 1. The van der Waals surface area contributed by atoms with Gasteiger partial charge in [-0.1, -0.05) is 30.3 Å². The van der Waals surface area contributed by atoms with Crippen molar-refractivity contribution in [1.29, 1.82) is 0 Å². The number of rotatable bonds is 6. The maximum atomic E-state index is 12.4. The lowest BCUT2D eigenvalue weighted by atomic mass is 10.2. The number of hydrogen-bond donors (Lipinski definition) is 3. The van der Waals surface area contributed by atoms with Crippen molar-refractivity contribution in [2.45, 2.75) is 13.3 Å². The Kier molecular flexibility index (Phi) is 7.72. The van der Waals surface area contributed by atoms with E-state index >= 15 is 0 Å². The molecule has 2 heterocycles. The number of aryl methyl sites for hydroxylation is 1. The van der Waals surface area contributed by atoms with Crippen LogP contribution in [0, 0.1) is 6.92 Å². The lowest BCUT2D eigenvalue weighted by Crippen LogP contribution is -2.47. The Bertz CT molecular complexity index is 791. The van der Waals surface area contributed by atoms with Crippen LogP contribution in [0.25, 0.3) is 10.6 Å². The predicted molar refractivity (Wildman–Crippen MR) is 115 cm³/mol. The van der Waals surface area contributed by atoms with E-state index in [1.807, 2.05) is 37.3 Å². The Labute approximate surface area is 174 Å². The minimum absolute atomic E-state index is 0.241. The van der Waals surface area contributed by atoms with Gasteiger partial charge in [0.25, 0.3) is 5.91 Å². The SMILES string of the molecule is Cc1nc(-c2ccccc2)sc1C(=O)NNC(=S)NCCCN1CCOCC1. The van der Waals surface area contributed by atoms with Gasteiger partial charge in [0.1, 0.15) is 9.88 Å². The van der Waals surface area contributed by atoms with Gasteiger partial charge in [0, 0.05) is 25.2 Å². The van der Waals surface area contributed by atoms with Crippen LogP contribution in [0.2, 0.25) is 0 Å². The molecule has 1 amide bonds. The summed E-state index contributed by atoms with van der Waals surface area (Å²) in [6, 6.07) is 9.83. The van der Waals surface area contributed by atoms with Crippen molar-refractivity contribution in [1.82, 2.24) is 26.1 Å². The van der Waals surface area contributed by atoms with Crippen LogP contribution in [0.4, 0.5) is 0 Å². The summed E-state index contributed by atoms with van der Waals surface area (Å²) in [6.45, 7) is 7.17. The topological polar surface area (TPSA) is 78.5 Å². The summed E-state index contributed by atoms with van der Waals surface area (Å²) in [5, 5.41) is 4.34. The van der Waals surface area contributed by atoms with E-state index in [2.05, 4.69) is 26.1 Å². The van der Waals surface area contributed by atoms with Crippen molar-refractivity contribution >= 4 is 34.6 Å². The van der Waals surface area contributed by atoms with Crippen LogP contribution in [0.3, 0.4) is 0 Å². The van der Waals surface area contributed by atoms with Crippen molar-refractivity contribution < 1.29 is 9.53 Å². The zero-order valence-corrected chi connectivity index (χ0v) is 17.5. The highest BCUT2D eigenvalue weighted by atomic mass is 32.1. The Morgan fingerprint density at radius 2 is 2.00 bits per heavy atom. The summed E-state index contributed by atoms with van der Waals surface area (Å²) in [5.74, 6) is -0.241. The fourth-order valence-corrected chi connectivity index (χ4v) is 3.98. The highest BCUT2D eigenvalue weighted by Gasteiger charge is 2.16. The number of amides is 1. The Morgan fingerprint density at radius 1 is 1.25 bits per heavy atom. The van der Waals surface area contributed by atoms with E-state index in [-0.39, 0.29) is 5.91 Å². The number of morpholine rings is 1. The number of aromatic nitrogens is 1. The number of hydrazine groups is 1. The first-order valence-electron chi connectivity index (χ1n) is 9.30. The maximum absolute atomic E-state index is 12.4. The fourth-order valence-electron chi connectivity index (χ4n) is 2.86. The van der Waals surface area contributed by atoms with Gasteiger partial charge in [0.05, 0.1) is 18.9 Å². The largest absolute Gasteiger partial charge is 0.379 e. The van der Waals surface area contributed by atoms with Gasteiger partial charge in [0.2, 0.25) is 0 Å². The molecule has 1 aliphatic heterocycles. The van der Waals surface area contributed by atoms with Crippen LogP contribution in [-0.4, -0.2) is 60.3 Å². The van der Waals surface area contributed by atoms with E-state index in [1.165, 1.54) is 11.3 Å². The molecule has 3 N–H and O–H groups in total. The average molecular weight is 420 g/mol. The second-order valence-electron chi connectivity index (χ2n) is 6.44. The molecule has 1 aromatic carbocycles. The van der Waals surface area contributed by atoms with Gasteiger partial charge in [-0.15, -0.1) is 11.3 Å². The van der Waals surface area contributed by atoms with Crippen molar-refractivity contribution in [3.63, 3.8) is 0 Å². The van der Waals surface area contributed by atoms with Crippen molar-refractivity contribution in [2.24, 2.45) is 0 Å². The number of carbonyl (C=O) groups is 1. The molecule has 0 aliphatic carbocycles. The predicted octanol–water partition coefficient (Wildman–Crippen LogP) is 1.95. The second-order valence-corrected chi connectivity index (χ2v) is 7.85. The first kappa shape index (κ1) is 20.7. The highest BCUT2D eigenvalue weighted by molar-refractivity contribution is 7.80. The van der Waals surface area contributed by atoms with Gasteiger partial charge in [0.15, 0.2) is 5.11 Å². The van der Waals surface area contributed by atoms with E-state index in [1.54, 1.807) is 0 Å². The van der Waals surface area contributed by atoms with E-state index in [0.717, 1.165) is 56.4 Å². The third kappa shape index (κ3) is 5.96. The van der Waals surface area contributed by atoms with Gasteiger partial charge in [-0.3, -0.25) is 20.5 Å². The van der Waals surface area contributed by atoms with Crippen molar-refractivity contribution in [2.75, 3.05) is 39.4 Å². The Morgan fingerprint density at radius 3 is 2.75 bits per heavy atom. The van der Waals surface area contributed by atoms with Crippen molar-refractivity contribution in [3.8, 4) is 10.6 Å². The smallest absolute Gasteiger partial charge is 0.281 e. The molecule has 28 heavy (non-hydrogen) atoms. The molecule has 7 nitrogen and oxygen atoms in total. The molecule has 2 aromatic rings. The molecule has 0 spiro atoms. The van der Waals surface area contributed by atoms with Crippen molar-refractivity contribution in [3.05, 3.63) is 40.9 Å². The minimum Gasteiger partial charge on any atom is -0.379 e. The number of thiocarbonyl (C=S) groups is 1. The van der Waals surface area contributed by atoms with Crippen LogP contribution in [0.1, 0.15) is 21.8 Å². The van der Waals surface area contributed by atoms with E-state index < -0.39 is 0 Å². The lowest BCUT2D eigenvalue weighted by molar-refractivity contribution is 0.0376. The molecule has 0 radical (unpaired) electrons. The van der Waals surface area contributed by atoms with Crippen LogP contribution < -0.4 is 16.2 Å². The van der Waals surface area contributed by atoms with Crippen LogP contribution >= 0.6 is 23.6 Å². The first-order chi connectivity index (χ1) is 13.6. The van der Waals surface area contributed by atoms with Crippen LogP contribution in [0.15, 0.2) is 30.3 Å². The number of ether oxygens (including phenoxy) is 1. The third-order valence-corrected chi connectivity index (χ3v) is 5.81. The number of benzene rings is 1. The summed E-state index contributed by atoms with van der Waals surface area (Å²) in [4.78, 5) is 19.9. The van der Waals surface area contributed by atoms with Gasteiger partial charge in [-0.25, -0.2) is 4.98 Å². The summed E-state index contributed by atoms with van der Waals surface area (Å²) >= 11 is 6.59. The molecule has 9 heteroatoms. The molecular weight excluding hydrogens is 394 g/mol. The molecule has 3 rings (SSSR count). The van der Waals surface area contributed by atoms with Crippen LogP contribution in [-0.2, 0) is 4.74 Å². The minimum atomic E-state index is -0.241.